The van der Waals surface area contributed by atoms with Crippen molar-refractivity contribution in [2.45, 2.75) is 12.8 Å². The highest BCUT2D eigenvalue weighted by Gasteiger charge is 2.09. The normalized spacial score (nSPS) is 9.88. The zero-order valence-electron chi connectivity index (χ0n) is 8.17. The molecule has 4 nitrogen and oxygen atoms in total. The Balaban J connectivity index is 2.63. The SMILES string of the molecule is O=C(O)CCC(=O)Nc1cccc(Cl)c1Br. The molecule has 0 spiro atoms. The van der Waals surface area contributed by atoms with E-state index < -0.39 is 5.97 Å². The monoisotopic (exact) mass is 305 g/mol. The smallest absolute Gasteiger partial charge is 0.303 e. The lowest BCUT2D eigenvalue weighted by molar-refractivity contribution is -0.138. The van der Waals surface area contributed by atoms with Gasteiger partial charge in [-0.15, -0.1) is 0 Å². The molecule has 1 aromatic carbocycles. The summed E-state index contributed by atoms with van der Waals surface area (Å²) < 4.78 is 0.584. The molecular formula is C10H9BrClNO3. The number of carboxylic acids is 1. The van der Waals surface area contributed by atoms with Gasteiger partial charge in [-0.1, -0.05) is 17.7 Å². The van der Waals surface area contributed by atoms with Crippen LogP contribution in [0.5, 0.6) is 0 Å². The van der Waals surface area contributed by atoms with Crippen LogP contribution in [0.1, 0.15) is 12.8 Å². The average Bonchev–Trinajstić information content (AvgIpc) is 2.22. The number of rotatable bonds is 4. The van der Waals surface area contributed by atoms with Crippen LogP contribution in [0.25, 0.3) is 0 Å². The molecule has 0 bridgehead atoms. The Bertz CT molecular complexity index is 423. The molecule has 86 valence electrons. The first kappa shape index (κ1) is 13.0. The van der Waals surface area contributed by atoms with E-state index in [0.717, 1.165) is 0 Å². The van der Waals surface area contributed by atoms with Crippen molar-refractivity contribution in [2.24, 2.45) is 0 Å². The Labute approximate surface area is 106 Å². The van der Waals surface area contributed by atoms with E-state index in [0.29, 0.717) is 15.2 Å². The third kappa shape index (κ3) is 3.83. The van der Waals surface area contributed by atoms with E-state index in [1.54, 1.807) is 18.2 Å². The van der Waals surface area contributed by atoms with Crippen molar-refractivity contribution in [3.05, 3.63) is 27.7 Å². The molecular weight excluding hydrogens is 297 g/mol. The lowest BCUT2D eigenvalue weighted by Gasteiger charge is -2.07. The van der Waals surface area contributed by atoms with E-state index in [4.69, 9.17) is 16.7 Å². The van der Waals surface area contributed by atoms with Crippen LogP contribution in [0.2, 0.25) is 5.02 Å². The van der Waals surface area contributed by atoms with E-state index in [-0.39, 0.29) is 18.7 Å². The van der Waals surface area contributed by atoms with Gasteiger partial charge < -0.3 is 10.4 Å². The van der Waals surface area contributed by atoms with Gasteiger partial charge in [-0.25, -0.2) is 0 Å². The first-order valence-corrected chi connectivity index (χ1v) is 5.63. The number of hydrogen-bond acceptors (Lipinski definition) is 2. The highest BCUT2D eigenvalue weighted by atomic mass is 79.9. The van der Waals surface area contributed by atoms with Crippen LogP contribution in [0.4, 0.5) is 5.69 Å². The molecule has 0 heterocycles. The Hall–Kier alpha value is -1.07. The second kappa shape index (κ2) is 5.86. The largest absolute Gasteiger partial charge is 0.481 e. The van der Waals surface area contributed by atoms with Crippen molar-refractivity contribution in [3.8, 4) is 0 Å². The summed E-state index contributed by atoms with van der Waals surface area (Å²) in [6.45, 7) is 0. The number of carboxylic acid groups (broad SMARTS) is 1. The van der Waals surface area contributed by atoms with Crippen molar-refractivity contribution in [2.75, 3.05) is 5.32 Å². The Morgan fingerprint density at radius 2 is 2.06 bits per heavy atom. The van der Waals surface area contributed by atoms with E-state index in [1.165, 1.54) is 0 Å². The first-order valence-electron chi connectivity index (χ1n) is 4.46. The van der Waals surface area contributed by atoms with E-state index in [1.807, 2.05) is 0 Å². The van der Waals surface area contributed by atoms with Gasteiger partial charge in [0.05, 0.1) is 21.6 Å². The highest BCUT2D eigenvalue weighted by Crippen LogP contribution is 2.30. The van der Waals surface area contributed by atoms with Crippen molar-refractivity contribution < 1.29 is 14.7 Å². The second-order valence-electron chi connectivity index (χ2n) is 3.04. The van der Waals surface area contributed by atoms with Crippen molar-refractivity contribution in [1.82, 2.24) is 0 Å². The van der Waals surface area contributed by atoms with Gasteiger partial charge in [0.2, 0.25) is 5.91 Å². The lowest BCUT2D eigenvalue weighted by atomic mass is 10.2. The third-order valence-electron chi connectivity index (χ3n) is 1.79. The molecule has 0 unspecified atom stereocenters. The van der Waals surface area contributed by atoms with Gasteiger partial charge in [0.15, 0.2) is 0 Å². The number of halogens is 2. The number of carbonyl (C=O) groups excluding carboxylic acids is 1. The summed E-state index contributed by atoms with van der Waals surface area (Å²) in [6.07, 6.45) is -0.252. The summed E-state index contributed by atoms with van der Waals surface area (Å²) >= 11 is 9.06. The topological polar surface area (TPSA) is 66.4 Å². The summed E-state index contributed by atoms with van der Waals surface area (Å²) in [5, 5.41) is 11.5. The summed E-state index contributed by atoms with van der Waals surface area (Å²) in [4.78, 5) is 21.6. The number of nitrogens with one attached hydrogen (secondary N) is 1. The molecule has 0 fully saturated rings. The van der Waals surface area contributed by atoms with Gasteiger partial charge in [-0.3, -0.25) is 9.59 Å². The number of amides is 1. The van der Waals surface area contributed by atoms with Crippen LogP contribution in [-0.2, 0) is 9.59 Å². The van der Waals surface area contributed by atoms with Gasteiger partial charge in [-0.2, -0.15) is 0 Å². The second-order valence-corrected chi connectivity index (χ2v) is 4.24. The van der Waals surface area contributed by atoms with Crippen LogP contribution in [-0.4, -0.2) is 17.0 Å². The molecule has 6 heteroatoms. The fraction of sp³-hybridized carbons (Fsp3) is 0.200. The third-order valence-corrected chi connectivity index (χ3v) is 3.19. The van der Waals surface area contributed by atoms with Crippen molar-refractivity contribution >= 4 is 45.1 Å². The molecule has 1 amide bonds. The van der Waals surface area contributed by atoms with Gasteiger partial charge in [-0.05, 0) is 28.1 Å². The maximum absolute atomic E-state index is 11.3. The Kier molecular flexibility index (Phi) is 4.76. The fourth-order valence-corrected chi connectivity index (χ4v) is 1.57. The Morgan fingerprint density at radius 1 is 1.38 bits per heavy atom. The molecule has 0 aliphatic rings. The van der Waals surface area contributed by atoms with Gasteiger partial charge in [0, 0.05) is 6.42 Å². The van der Waals surface area contributed by atoms with Gasteiger partial charge in [0.25, 0.3) is 0 Å². The van der Waals surface area contributed by atoms with Crippen LogP contribution < -0.4 is 5.32 Å². The minimum absolute atomic E-state index is 0.0612. The molecule has 0 aliphatic carbocycles. The van der Waals surface area contributed by atoms with Gasteiger partial charge in [0.1, 0.15) is 0 Å². The van der Waals surface area contributed by atoms with E-state index in [2.05, 4.69) is 21.2 Å². The summed E-state index contributed by atoms with van der Waals surface area (Å²) in [5.74, 6) is -1.36. The summed E-state index contributed by atoms with van der Waals surface area (Å²) in [6, 6.07) is 5.05. The zero-order valence-corrected chi connectivity index (χ0v) is 10.5. The predicted octanol–water partition coefficient (Wildman–Crippen LogP) is 2.91. The number of aliphatic carboxylic acids is 1. The van der Waals surface area contributed by atoms with E-state index in [9.17, 15) is 9.59 Å². The molecule has 16 heavy (non-hydrogen) atoms. The standard InChI is InChI=1S/C10H9BrClNO3/c11-10-6(12)2-1-3-7(10)13-8(14)4-5-9(15)16/h1-3H,4-5H2,(H,13,14)(H,15,16). The van der Waals surface area contributed by atoms with Gasteiger partial charge >= 0.3 is 5.97 Å². The van der Waals surface area contributed by atoms with Crippen LogP contribution in [0.3, 0.4) is 0 Å². The molecule has 0 saturated heterocycles. The van der Waals surface area contributed by atoms with Crippen LogP contribution in [0, 0.1) is 0 Å². The van der Waals surface area contributed by atoms with Crippen LogP contribution in [0.15, 0.2) is 22.7 Å². The molecule has 0 radical (unpaired) electrons. The molecule has 0 aromatic heterocycles. The number of benzene rings is 1. The molecule has 0 saturated carbocycles. The Morgan fingerprint density at radius 3 is 2.69 bits per heavy atom. The molecule has 0 atom stereocenters. The highest BCUT2D eigenvalue weighted by molar-refractivity contribution is 9.10. The maximum Gasteiger partial charge on any atom is 0.303 e. The lowest BCUT2D eigenvalue weighted by Crippen LogP contribution is -2.13. The number of carbonyl (C=O) groups is 2. The molecule has 1 aromatic rings. The van der Waals surface area contributed by atoms with Crippen molar-refractivity contribution in [3.63, 3.8) is 0 Å². The average molecular weight is 307 g/mol. The first-order chi connectivity index (χ1) is 7.50. The minimum Gasteiger partial charge on any atom is -0.481 e. The minimum atomic E-state index is -1.000. The molecule has 0 aliphatic heterocycles. The fourth-order valence-electron chi connectivity index (χ4n) is 1.03. The number of hydrogen-bond donors (Lipinski definition) is 2. The number of anilines is 1. The quantitative estimate of drug-likeness (QED) is 0.899. The zero-order chi connectivity index (χ0) is 12.1. The van der Waals surface area contributed by atoms with Crippen molar-refractivity contribution in [1.29, 1.82) is 0 Å². The molecule has 1 rings (SSSR count). The summed E-state index contributed by atoms with van der Waals surface area (Å²) in [5.41, 5.74) is 0.530. The maximum atomic E-state index is 11.3. The van der Waals surface area contributed by atoms with E-state index >= 15 is 0 Å². The summed E-state index contributed by atoms with van der Waals surface area (Å²) in [7, 11) is 0. The predicted molar refractivity (Wildman–Crippen MR) is 64.7 cm³/mol. The molecule has 2 N–H and O–H groups in total. The van der Waals surface area contributed by atoms with Crippen LogP contribution >= 0.6 is 27.5 Å².